The summed E-state index contributed by atoms with van der Waals surface area (Å²) < 4.78 is 0. The molecule has 0 bridgehead atoms. The average molecular weight is 303 g/mol. The number of thioether (sulfide) groups is 1. The van der Waals surface area contributed by atoms with Crippen molar-refractivity contribution in [3.05, 3.63) is 23.2 Å². The van der Waals surface area contributed by atoms with Gasteiger partial charge in [0, 0.05) is 28.8 Å². The van der Waals surface area contributed by atoms with Gasteiger partial charge in [0.05, 0.1) is 12.3 Å². The standard InChI is InChI=1S/C13H19ClN2O2S/c1-9(2)19-12-5-4-10(14)8-11(12)15-13(18)16(3)6-7-17/h4-5,8-9,17H,6-7H2,1-3H3,(H,15,18). The minimum absolute atomic E-state index is 0.0624. The van der Waals surface area contributed by atoms with Gasteiger partial charge < -0.3 is 15.3 Å². The third-order valence-corrected chi connectivity index (χ3v) is 3.64. The second-order valence-corrected chi connectivity index (χ2v) is 6.44. The molecule has 0 aromatic heterocycles. The number of aliphatic hydroxyl groups is 1. The normalized spacial score (nSPS) is 10.6. The summed E-state index contributed by atoms with van der Waals surface area (Å²) in [5.41, 5.74) is 0.695. The van der Waals surface area contributed by atoms with Crippen molar-refractivity contribution >= 4 is 35.1 Å². The average Bonchev–Trinajstić information content (AvgIpc) is 2.32. The fourth-order valence-electron chi connectivity index (χ4n) is 1.42. The number of hydrogen-bond donors (Lipinski definition) is 2. The molecule has 2 N–H and O–H groups in total. The van der Waals surface area contributed by atoms with Crippen molar-refractivity contribution in [3.8, 4) is 0 Å². The van der Waals surface area contributed by atoms with Crippen LogP contribution in [0.2, 0.25) is 5.02 Å². The van der Waals surface area contributed by atoms with Gasteiger partial charge in [0.1, 0.15) is 0 Å². The summed E-state index contributed by atoms with van der Waals surface area (Å²) in [7, 11) is 1.63. The highest BCUT2D eigenvalue weighted by molar-refractivity contribution is 8.00. The molecule has 0 atom stereocenters. The highest BCUT2D eigenvalue weighted by Crippen LogP contribution is 2.32. The molecule has 1 aromatic rings. The van der Waals surface area contributed by atoms with E-state index in [1.54, 1.807) is 30.9 Å². The SMILES string of the molecule is CC(C)Sc1ccc(Cl)cc1NC(=O)N(C)CCO. The van der Waals surface area contributed by atoms with E-state index in [0.717, 1.165) is 4.90 Å². The van der Waals surface area contributed by atoms with E-state index >= 15 is 0 Å². The Bertz CT molecular complexity index is 441. The lowest BCUT2D eigenvalue weighted by molar-refractivity contribution is 0.202. The van der Waals surface area contributed by atoms with Gasteiger partial charge in [-0.25, -0.2) is 4.79 Å². The van der Waals surface area contributed by atoms with Crippen LogP contribution in [0.5, 0.6) is 0 Å². The first-order valence-electron chi connectivity index (χ1n) is 6.03. The number of aliphatic hydroxyl groups excluding tert-OH is 1. The van der Waals surface area contributed by atoms with E-state index in [0.29, 0.717) is 22.5 Å². The molecule has 0 aliphatic heterocycles. The zero-order chi connectivity index (χ0) is 14.4. The number of nitrogens with zero attached hydrogens (tertiary/aromatic N) is 1. The van der Waals surface area contributed by atoms with Crippen LogP contribution in [-0.2, 0) is 0 Å². The summed E-state index contributed by atoms with van der Waals surface area (Å²) in [6, 6.07) is 5.17. The lowest BCUT2D eigenvalue weighted by Gasteiger charge is -2.18. The molecule has 19 heavy (non-hydrogen) atoms. The summed E-state index contributed by atoms with van der Waals surface area (Å²) in [5.74, 6) is 0. The predicted molar refractivity (Wildman–Crippen MR) is 81.2 cm³/mol. The number of carbonyl (C=O) groups is 1. The van der Waals surface area contributed by atoms with E-state index in [1.807, 2.05) is 6.07 Å². The van der Waals surface area contributed by atoms with Gasteiger partial charge in [0.25, 0.3) is 0 Å². The quantitative estimate of drug-likeness (QED) is 0.821. The molecule has 0 saturated heterocycles. The molecule has 0 unspecified atom stereocenters. The van der Waals surface area contributed by atoms with Gasteiger partial charge in [-0.1, -0.05) is 25.4 Å². The number of halogens is 1. The maximum absolute atomic E-state index is 11.9. The largest absolute Gasteiger partial charge is 0.395 e. The molecular weight excluding hydrogens is 284 g/mol. The molecule has 0 saturated carbocycles. The Morgan fingerprint density at radius 3 is 2.79 bits per heavy atom. The van der Waals surface area contributed by atoms with Crippen molar-refractivity contribution in [3.63, 3.8) is 0 Å². The first-order valence-corrected chi connectivity index (χ1v) is 7.29. The molecule has 1 rings (SSSR count). The van der Waals surface area contributed by atoms with E-state index in [-0.39, 0.29) is 12.6 Å². The van der Waals surface area contributed by atoms with Crippen molar-refractivity contribution < 1.29 is 9.90 Å². The number of urea groups is 1. The molecule has 0 aliphatic carbocycles. The van der Waals surface area contributed by atoms with Crippen LogP contribution < -0.4 is 5.32 Å². The zero-order valence-electron chi connectivity index (χ0n) is 11.3. The maximum Gasteiger partial charge on any atom is 0.321 e. The fraction of sp³-hybridized carbons (Fsp3) is 0.462. The van der Waals surface area contributed by atoms with Crippen molar-refractivity contribution in [2.75, 3.05) is 25.5 Å². The number of nitrogens with one attached hydrogen (secondary N) is 1. The summed E-state index contributed by atoms with van der Waals surface area (Å²) in [4.78, 5) is 14.3. The fourth-order valence-corrected chi connectivity index (χ4v) is 2.48. The summed E-state index contributed by atoms with van der Waals surface area (Å²) in [5, 5.41) is 12.6. The number of amides is 2. The van der Waals surface area contributed by atoms with Gasteiger partial charge in [0.2, 0.25) is 0 Å². The summed E-state index contributed by atoms with van der Waals surface area (Å²) in [6.45, 7) is 4.40. The van der Waals surface area contributed by atoms with Crippen LogP contribution in [0.4, 0.5) is 10.5 Å². The topological polar surface area (TPSA) is 52.6 Å². The molecule has 2 amide bonds. The number of likely N-dealkylation sites (N-methyl/N-ethyl adjacent to an activating group) is 1. The molecule has 0 fully saturated rings. The Morgan fingerprint density at radius 2 is 2.21 bits per heavy atom. The molecule has 6 heteroatoms. The van der Waals surface area contributed by atoms with Crippen LogP contribution in [0.1, 0.15) is 13.8 Å². The zero-order valence-corrected chi connectivity index (χ0v) is 12.9. The Balaban J connectivity index is 2.86. The van der Waals surface area contributed by atoms with Gasteiger partial charge in [-0.2, -0.15) is 0 Å². The first-order chi connectivity index (χ1) is 8.93. The number of benzene rings is 1. The van der Waals surface area contributed by atoms with Crippen LogP contribution in [0, 0.1) is 0 Å². The minimum atomic E-state index is -0.262. The molecule has 4 nitrogen and oxygen atoms in total. The summed E-state index contributed by atoms with van der Waals surface area (Å²) in [6.07, 6.45) is 0. The van der Waals surface area contributed by atoms with Gasteiger partial charge in [-0.15, -0.1) is 11.8 Å². The van der Waals surface area contributed by atoms with Crippen LogP contribution >= 0.6 is 23.4 Å². The van der Waals surface area contributed by atoms with E-state index in [4.69, 9.17) is 16.7 Å². The van der Waals surface area contributed by atoms with Crippen molar-refractivity contribution in [1.29, 1.82) is 0 Å². The summed E-state index contributed by atoms with van der Waals surface area (Å²) >= 11 is 7.62. The lowest BCUT2D eigenvalue weighted by Crippen LogP contribution is -2.33. The van der Waals surface area contributed by atoms with E-state index in [2.05, 4.69) is 19.2 Å². The molecule has 1 aromatic carbocycles. The minimum Gasteiger partial charge on any atom is -0.395 e. The Morgan fingerprint density at radius 1 is 1.53 bits per heavy atom. The van der Waals surface area contributed by atoms with Crippen LogP contribution in [0.25, 0.3) is 0 Å². The van der Waals surface area contributed by atoms with Gasteiger partial charge in [-0.05, 0) is 18.2 Å². The van der Waals surface area contributed by atoms with Crippen molar-refractivity contribution in [2.45, 2.75) is 24.0 Å². The highest BCUT2D eigenvalue weighted by atomic mass is 35.5. The molecule has 0 spiro atoms. The van der Waals surface area contributed by atoms with Crippen LogP contribution in [0.3, 0.4) is 0 Å². The van der Waals surface area contributed by atoms with Gasteiger partial charge >= 0.3 is 6.03 Å². The van der Waals surface area contributed by atoms with E-state index in [9.17, 15) is 4.79 Å². The van der Waals surface area contributed by atoms with Crippen molar-refractivity contribution in [2.24, 2.45) is 0 Å². The second kappa shape index (κ2) is 7.62. The smallest absolute Gasteiger partial charge is 0.321 e. The third-order valence-electron chi connectivity index (χ3n) is 2.33. The number of rotatable bonds is 5. The number of carbonyl (C=O) groups excluding carboxylic acids is 1. The Labute approximate surface area is 123 Å². The first kappa shape index (κ1) is 16.1. The molecule has 0 heterocycles. The molecule has 0 aliphatic rings. The highest BCUT2D eigenvalue weighted by Gasteiger charge is 2.12. The Hall–Kier alpha value is -0.910. The molecule has 106 valence electrons. The Kier molecular flexibility index (Phi) is 6.48. The lowest BCUT2D eigenvalue weighted by atomic mass is 10.3. The van der Waals surface area contributed by atoms with Gasteiger partial charge in [-0.3, -0.25) is 0 Å². The van der Waals surface area contributed by atoms with Crippen molar-refractivity contribution in [1.82, 2.24) is 4.90 Å². The maximum atomic E-state index is 11.9. The van der Waals surface area contributed by atoms with E-state index < -0.39 is 0 Å². The monoisotopic (exact) mass is 302 g/mol. The number of hydrogen-bond acceptors (Lipinski definition) is 3. The van der Waals surface area contributed by atoms with Crippen LogP contribution in [-0.4, -0.2) is 41.5 Å². The van der Waals surface area contributed by atoms with Crippen LogP contribution in [0.15, 0.2) is 23.1 Å². The predicted octanol–water partition coefficient (Wildman–Crippen LogP) is 3.30. The third kappa shape index (κ3) is 5.30. The molecule has 0 radical (unpaired) electrons. The number of anilines is 1. The van der Waals surface area contributed by atoms with Gasteiger partial charge in [0.15, 0.2) is 0 Å². The molecular formula is C13H19ClN2O2S. The second-order valence-electron chi connectivity index (χ2n) is 4.38. The van der Waals surface area contributed by atoms with E-state index in [1.165, 1.54) is 4.90 Å².